The first kappa shape index (κ1) is 37.3. The van der Waals surface area contributed by atoms with Crippen LogP contribution in [0.3, 0.4) is 0 Å². The molecule has 0 saturated carbocycles. The monoisotopic (exact) mass is 782 g/mol. The van der Waals surface area contributed by atoms with Crippen molar-refractivity contribution in [2.75, 3.05) is 7.11 Å². The number of methoxy groups -OCH3 is 1. The number of hydrogen-bond acceptors (Lipinski definition) is 11. The standard InChI is InChI=1S/C21H19NO4S.C20H16FNO5S/c1-12-5-3-4-6-15(12)16-8-7-14-10-17(13(2)9-18(14)25-16)26-21-22-11-19(27-21)20(23)24;1-25-16-4-2-3-13(18(16)21)15-7-5-11-9-12(6-8-14(11)27-15)26-20-22-10-17(28-20)19(23)24/h3-6,9-11,16H,7-8H2,1-2H3,(H,23,24);2-4,6,8-10,15H,5,7H2,1H3,(H,23,24). The molecule has 0 aliphatic carbocycles. The highest BCUT2D eigenvalue weighted by Crippen LogP contribution is 2.42. The number of hydrogen-bond donors (Lipinski definition) is 2. The number of benzene rings is 4. The van der Waals surface area contributed by atoms with Gasteiger partial charge in [-0.1, -0.05) is 59.1 Å². The van der Waals surface area contributed by atoms with Gasteiger partial charge in [0, 0.05) is 5.56 Å². The van der Waals surface area contributed by atoms with E-state index in [0.717, 1.165) is 58.0 Å². The van der Waals surface area contributed by atoms with E-state index in [4.69, 9.17) is 33.9 Å². The van der Waals surface area contributed by atoms with Gasteiger partial charge in [-0.25, -0.2) is 23.9 Å². The van der Waals surface area contributed by atoms with E-state index in [9.17, 15) is 14.0 Å². The molecule has 2 atom stereocenters. The highest BCUT2D eigenvalue weighted by molar-refractivity contribution is 7.15. The van der Waals surface area contributed by atoms with Crippen LogP contribution in [0, 0.1) is 19.7 Å². The van der Waals surface area contributed by atoms with Gasteiger partial charge in [-0.15, -0.1) is 0 Å². The molecule has 0 bridgehead atoms. The molecule has 0 spiro atoms. The Morgan fingerprint density at radius 1 is 0.727 bits per heavy atom. The van der Waals surface area contributed by atoms with Crippen LogP contribution in [0.1, 0.15) is 77.8 Å². The average molecular weight is 783 g/mol. The maximum atomic E-state index is 14.5. The largest absolute Gasteiger partial charge is 0.494 e. The summed E-state index contributed by atoms with van der Waals surface area (Å²) in [7, 11) is 1.43. The van der Waals surface area contributed by atoms with E-state index in [2.05, 4.69) is 29.0 Å². The maximum Gasteiger partial charge on any atom is 0.347 e. The van der Waals surface area contributed by atoms with Gasteiger partial charge in [0.15, 0.2) is 11.6 Å². The Morgan fingerprint density at radius 3 is 2.00 bits per heavy atom. The molecule has 11 nitrogen and oxygen atoms in total. The lowest BCUT2D eigenvalue weighted by Gasteiger charge is -2.28. The topological polar surface area (TPSA) is 147 Å². The summed E-state index contributed by atoms with van der Waals surface area (Å²) in [6.45, 7) is 4.05. The number of fused-ring (bicyclic) bond motifs is 2. The van der Waals surface area contributed by atoms with Crippen molar-refractivity contribution in [3.8, 4) is 39.1 Å². The number of carboxylic acids is 2. The molecule has 14 heteroatoms. The minimum Gasteiger partial charge on any atom is -0.494 e. The molecular weight excluding hydrogens is 748 g/mol. The van der Waals surface area contributed by atoms with E-state index in [1.807, 2.05) is 37.3 Å². The number of carbonyl (C=O) groups is 2. The van der Waals surface area contributed by atoms with Crippen molar-refractivity contribution in [3.63, 3.8) is 0 Å². The Kier molecular flexibility index (Phi) is 11.0. The smallest absolute Gasteiger partial charge is 0.347 e. The molecule has 2 aromatic heterocycles. The molecule has 4 aromatic carbocycles. The van der Waals surface area contributed by atoms with Gasteiger partial charge >= 0.3 is 11.9 Å². The Balaban J connectivity index is 0.000000169. The van der Waals surface area contributed by atoms with Crippen molar-refractivity contribution in [2.45, 2.75) is 51.7 Å². The van der Waals surface area contributed by atoms with Crippen molar-refractivity contribution >= 4 is 34.6 Å². The normalized spacial score (nSPS) is 15.6. The number of ether oxygens (including phenoxy) is 5. The lowest BCUT2D eigenvalue weighted by Crippen LogP contribution is -2.16. The van der Waals surface area contributed by atoms with Crippen molar-refractivity contribution in [1.82, 2.24) is 9.97 Å². The van der Waals surface area contributed by atoms with Crippen LogP contribution in [0.5, 0.6) is 39.1 Å². The number of rotatable bonds is 9. The Hall–Kier alpha value is -5.99. The van der Waals surface area contributed by atoms with Gasteiger partial charge in [0.2, 0.25) is 0 Å². The second kappa shape index (κ2) is 16.2. The molecular formula is C41H35FN2O9S2. The molecule has 0 amide bonds. The second-order valence-corrected chi connectivity index (χ2v) is 14.8. The fraction of sp³-hybridized carbons (Fsp3) is 0.220. The maximum absolute atomic E-state index is 14.5. The average Bonchev–Trinajstić information content (AvgIpc) is 3.86. The number of thiazole rings is 2. The van der Waals surface area contributed by atoms with E-state index in [1.54, 1.807) is 30.3 Å². The van der Waals surface area contributed by atoms with Gasteiger partial charge in [0.05, 0.1) is 19.5 Å². The van der Waals surface area contributed by atoms with Crippen LogP contribution in [0.4, 0.5) is 4.39 Å². The Labute approximate surface area is 323 Å². The van der Waals surface area contributed by atoms with Gasteiger partial charge in [-0.3, -0.25) is 0 Å². The third kappa shape index (κ3) is 8.40. The van der Waals surface area contributed by atoms with E-state index < -0.39 is 23.9 Å². The first-order valence-electron chi connectivity index (χ1n) is 17.3. The SMILES string of the molecule is COc1cccc(C2CCc3cc(Oc4ncc(C(=O)O)s4)ccc3O2)c1F.Cc1cc2c(cc1Oc1ncc(C(=O)O)s1)CCC(c1ccccc1C)O2. The molecule has 2 N–H and O–H groups in total. The molecule has 0 fully saturated rings. The zero-order chi connectivity index (χ0) is 38.6. The fourth-order valence-electron chi connectivity index (χ4n) is 6.37. The number of nitrogens with zero attached hydrogens (tertiary/aromatic N) is 2. The highest BCUT2D eigenvalue weighted by Gasteiger charge is 2.27. The van der Waals surface area contributed by atoms with Crippen molar-refractivity contribution in [2.24, 2.45) is 0 Å². The summed E-state index contributed by atoms with van der Waals surface area (Å²) in [4.78, 5) is 30.2. The number of aromatic carboxylic acids is 2. The number of carboxylic acid groups (broad SMARTS) is 2. The third-order valence-electron chi connectivity index (χ3n) is 9.17. The number of aryl methyl sites for hydroxylation is 4. The van der Waals surface area contributed by atoms with E-state index in [0.29, 0.717) is 40.8 Å². The third-order valence-corrected chi connectivity index (χ3v) is 10.9. The predicted octanol–water partition coefficient (Wildman–Crippen LogP) is 10.2. The molecule has 55 heavy (non-hydrogen) atoms. The van der Waals surface area contributed by atoms with Crippen LogP contribution in [0.15, 0.2) is 85.2 Å². The summed E-state index contributed by atoms with van der Waals surface area (Å²) in [6, 6.07) is 22.6. The van der Waals surface area contributed by atoms with Crippen LogP contribution in [0.2, 0.25) is 0 Å². The quantitative estimate of drug-likeness (QED) is 0.144. The summed E-state index contributed by atoms with van der Waals surface area (Å²) in [5.41, 5.74) is 5.88. The van der Waals surface area contributed by atoms with Crippen molar-refractivity contribution < 1.29 is 47.9 Å². The summed E-state index contributed by atoms with van der Waals surface area (Å²) >= 11 is 1.98. The lowest BCUT2D eigenvalue weighted by atomic mass is 9.94. The number of aromatic nitrogens is 2. The fourth-order valence-corrected chi connectivity index (χ4v) is 7.61. The summed E-state index contributed by atoms with van der Waals surface area (Å²) in [5, 5.41) is 18.5. The zero-order valence-corrected chi connectivity index (χ0v) is 31.5. The molecule has 8 rings (SSSR count). The van der Waals surface area contributed by atoms with Gasteiger partial charge < -0.3 is 33.9 Å². The Bertz CT molecular complexity index is 2380. The first-order valence-corrected chi connectivity index (χ1v) is 18.9. The van der Waals surface area contributed by atoms with Crippen LogP contribution in [-0.2, 0) is 12.8 Å². The van der Waals surface area contributed by atoms with Crippen molar-refractivity contribution in [1.29, 1.82) is 0 Å². The van der Waals surface area contributed by atoms with Gasteiger partial charge in [-0.05, 0) is 104 Å². The molecule has 2 aliphatic heterocycles. The summed E-state index contributed by atoms with van der Waals surface area (Å²) in [6.07, 6.45) is 5.33. The minimum atomic E-state index is -1.04. The molecule has 282 valence electrons. The van der Waals surface area contributed by atoms with E-state index in [1.165, 1.54) is 30.6 Å². The van der Waals surface area contributed by atoms with E-state index >= 15 is 0 Å². The van der Waals surface area contributed by atoms with Crippen molar-refractivity contribution in [3.05, 3.63) is 134 Å². The van der Waals surface area contributed by atoms with Gasteiger partial charge in [0.1, 0.15) is 45.0 Å². The van der Waals surface area contributed by atoms with Gasteiger partial charge in [-0.2, -0.15) is 0 Å². The van der Waals surface area contributed by atoms with E-state index in [-0.39, 0.29) is 26.8 Å². The zero-order valence-electron chi connectivity index (χ0n) is 29.9. The lowest BCUT2D eigenvalue weighted by molar-refractivity contribution is 0.0691. The molecule has 4 heterocycles. The van der Waals surface area contributed by atoms with Crippen LogP contribution in [0.25, 0.3) is 0 Å². The highest BCUT2D eigenvalue weighted by atomic mass is 32.1. The minimum absolute atomic E-state index is 0.0574. The summed E-state index contributed by atoms with van der Waals surface area (Å²) in [5.74, 6) is 0.511. The molecule has 6 aromatic rings. The van der Waals surface area contributed by atoms with Gasteiger partial charge in [0.25, 0.3) is 10.4 Å². The summed E-state index contributed by atoms with van der Waals surface area (Å²) < 4.78 is 43.3. The predicted molar refractivity (Wildman–Crippen MR) is 203 cm³/mol. The molecule has 2 aliphatic rings. The van der Waals surface area contributed by atoms with Crippen LogP contribution in [-0.4, -0.2) is 39.2 Å². The van der Waals surface area contributed by atoms with Crippen LogP contribution >= 0.6 is 22.7 Å². The second-order valence-electron chi connectivity index (χ2n) is 12.8. The first-order chi connectivity index (χ1) is 26.6. The number of halogens is 1. The molecule has 0 radical (unpaired) electrons. The Morgan fingerprint density at radius 2 is 1.35 bits per heavy atom. The molecule has 2 unspecified atom stereocenters. The molecule has 0 saturated heterocycles. The van der Waals surface area contributed by atoms with Crippen LogP contribution < -0.4 is 23.7 Å².